The molecule has 0 aromatic heterocycles. The summed E-state index contributed by atoms with van der Waals surface area (Å²) in [6, 6.07) is 2.21. The molecule has 0 saturated carbocycles. The molecule has 0 amide bonds. The molecule has 51 valence electrons. The minimum Gasteiger partial charge on any atom is -0.291 e. The van der Waals surface area contributed by atoms with Gasteiger partial charge in [-0.15, -0.1) is 0 Å². The highest BCUT2D eigenvalue weighted by Gasteiger charge is 2.11. The smallest absolute Gasteiger partial charge is 0.0595 e. The fourth-order valence-electron chi connectivity index (χ4n) is 0.362. The van der Waals surface area contributed by atoms with E-state index in [1.54, 1.807) is 7.05 Å². The quantitative estimate of drug-likeness (QED) is 0.419. The molecule has 0 aliphatic carbocycles. The Hall–Kier alpha value is -0.113. The van der Waals surface area contributed by atoms with Crippen LogP contribution in [0.5, 0.6) is 0 Å². The summed E-state index contributed by atoms with van der Waals surface area (Å²) in [5.74, 6) is 0. The molecule has 0 rings (SSSR count). The van der Waals surface area contributed by atoms with Crippen molar-refractivity contribution in [2.75, 3.05) is 7.05 Å². The molecule has 1 nitrogen and oxygen atoms in total. The third kappa shape index (κ3) is 7.89. The minimum absolute atomic E-state index is 0.998. The first kappa shape index (κ1) is 8.89. The van der Waals surface area contributed by atoms with Gasteiger partial charge in [-0.1, -0.05) is 19.6 Å². The van der Waals surface area contributed by atoms with E-state index < -0.39 is 8.07 Å². The summed E-state index contributed by atoms with van der Waals surface area (Å²) in [7, 11) is 0.733. The van der Waals surface area contributed by atoms with Gasteiger partial charge in [-0.05, 0) is 6.04 Å². The molecule has 0 aliphatic heterocycles. The normalized spacial score (nSPS) is 12.9. The maximum atomic E-state index is 3.72. The molecule has 0 saturated heterocycles. The lowest BCUT2D eigenvalue weighted by Gasteiger charge is -2.11. The van der Waals surface area contributed by atoms with Crippen molar-refractivity contribution in [1.29, 1.82) is 0 Å². The molecule has 2 heteroatoms. The lowest BCUT2D eigenvalue weighted by molar-refractivity contribution is 1.46. The average molecular weight is 140 g/mol. The Morgan fingerprint density at radius 2 is 1.89 bits per heavy atom. The number of nitrogens with zero attached hydrogens (tertiary/aromatic N) is 1. The van der Waals surface area contributed by atoms with Gasteiger partial charge in [0, 0.05) is 21.5 Å². The van der Waals surface area contributed by atoms with E-state index >= 15 is 0 Å². The van der Waals surface area contributed by atoms with Gasteiger partial charge in [-0.25, -0.2) is 0 Å². The van der Waals surface area contributed by atoms with Crippen LogP contribution in [0.1, 0.15) is 0 Å². The molecule has 9 heavy (non-hydrogen) atoms. The molecule has 0 bridgehead atoms. The standard InChI is InChI=1S/C7H14NSi/c1-8-6-5-7-9(2,3)4/h5,7H,1-4H3. The molecule has 0 aliphatic rings. The fourth-order valence-corrected chi connectivity index (χ4v) is 0.936. The highest BCUT2D eigenvalue weighted by Crippen LogP contribution is 2.05. The van der Waals surface area contributed by atoms with Gasteiger partial charge in [-0.3, -0.25) is 4.99 Å². The molecule has 3 radical (unpaired) electrons. The highest BCUT2D eigenvalue weighted by atomic mass is 28.3. The molecule has 0 heterocycles. The number of hydrogen-bond donors (Lipinski definition) is 0. The van der Waals surface area contributed by atoms with Crippen LogP contribution >= 0.6 is 0 Å². The zero-order valence-electron chi connectivity index (χ0n) is 6.60. The van der Waals surface area contributed by atoms with Crippen LogP contribution in [0.3, 0.4) is 0 Å². The van der Waals surface area contributed by atoms with Crippen molar-refractivity contribution < 1.29 is 0 Å². The summed E-state index contributed by atoms with van der Waals surface area (Å²) >= 11 is 0. The molecular formula is C7H14NSi. The van der Waals surface area contributed by atoms with Crippen molar-refractivity contribution in [1.82, 2.24) is 0 Å². The topological polar surface area (TPSA) is 12.4 Å². The Morgan fingerprint density at radius 1 is 1.33 bits per heavy atom. The lowest BCUT2D eigenvalue weighted by Crippen LogP contribution is -2.21. The van der Waals surface area contributed by atoms with E-state index in [0.29, 0.717) is 0 Å². The second kappa shape index (κ2) is 3.83. The van der Waals surface area contributed by atoms with Crippen LogP contribution in [0.15, 0.2) is 4.99 Å². The summed E-state index contributed by atoms with van der Waals surface area (Å²) in [5, 5.41) is 0. The van der Waals surface area contributed by atoms with E-state index in [1.807, 2.05) is 6.42 Å². The molecule has 0 fully saturated rings. The van der Waals surface area contributed by atoms with E-state index in [-0.39, 0.29) is 0 Å². The van der Waals surface area contributed by atoms with Gasteiger partial charge in [0.05, 0.1) is 6.21 Å². The zero-order valence-corrected chi connectivity index (χ0v) is 7.60. The molecule has 0 aromatic rings. The molecule has 0 unspecified atom stereocenters. The van der Waals surface area contributed by atoms with E-state index in [1.165, 1.54) is 0 Å². The van der Waals surface area contributed by atoms with Crippen LogP contribution < -0.4 is 0 Å². The minimum atomic E-state index is -0.998. The Labute approximate surface area is 59.2 Å². The van der Waals surface area contributed by atoms with E-state index in [2.05, 4.69) is 36.9 Å². The largest absolute Gasteiger partial charge is 0.291 e. The summed E-state index contributed by atoms with van der Waals surface area (Å²) in [6.07, 6.45) is 4.69. The Kier molecular flexibility index (Phi) is 3.78. The third-order valence-electron chi connectivity index (χ3n) is 0.787. The van der Waals surface area contributed by atoms with Gasteiger partial charge in [0.25, 0.3) is 0 Å². The van der Waals surface area contributed by atoms with Crippen LogP contribution in [-0.2, 0) is 0 Å². The molecule has 0 aromatic carbocycles. The molecule has 0 atom stereocenters. The van der Waals surface area contributed by atoms with Crippen molar-refractivity contribution in [2.45, 2.75) is 19.6 Å². The van der Waals surface area contributed by atoms with Crippen molar-refractivity contribution in [2.24, 2.45) is 4.99 Å². The van der Waals surface area contributed by atoms with Gasteiger partial charge >= 0.3 is 0 Å². The SMILES string of the molecule is CN=[C][CH][CH][Si](C)(C)C. The second-order valence-corrected chi connectivity index (χ2v) is 8.12. The monoisotopic (exact) mass is 140 g/mol. The van der Waals surface area contributed by atoms with E-state index in [4.69, 9.17) is 0 Å². The van der Waals surface area contributed by atoms with Gasteiger partial charge in [0.2, 0.25) is 0 Å². The van der Waals surface area contributed by atoms with E-state index in [0.717, 1.165) is 0 Å². The first-order valence-corrected chi connectivity index (χ1v) is 6.66. The van der Waals surface area contributed by atoms with Crippen LogP contribution in [0.2, 0.25) is 19.6 Å². The van der Waals surface area contributed by atoms with Gasteiger partial charge < -0.3 is 0 Å². The lowest BCUT2D eigenvalue weighted by atomic mass is 10.5. The van der Waals surface area contributed by atoms with Crippen molar-refractivity contribution >= 4 is 14.3 Å². The Morgan fingerprint density at radius 3 is 2.22 bits per heavy atom. The van der Waals surface area contributed by atoms with Gasteiger partial charge in [-0.2, -0.15) is 0 Å². The third-order valence-corrected chi connectivity index (χ3v) is 1.95. The van der Waals surface area contributed by atoms with Crippen LogP contribution in [0.25, 0.3) is 0 Å². The zero-order chi connectivity index (χ0) is 7.33. The van der Waals surface area contributed by atoms with Crippen LogP contribution in [0, 0.1) is 12.5 Å². The van der Waals surface area contributed by atoms with Gasteiger partial charge in [0.1, 0.15) is 0 Å². The summed E-state index contributed by atoms with van der Waals surface area (Å²) in [6.45, 7) is 6.84. The Balaban J connectivity index is 3.28. The summed E-state index contributed by atoms with van der Waals surface area (Å²) < 4.78 is 0. The predicted molar refractivity (Wildman–Crippen MR) is 45.3 cm³/mol. The van der Waals surface area contributed by atoms with Crippen molar-refractivity contribution in [3.63, 3.8) is 0 Å². The maximum absolute atomic E-state index is 3.72. The van der Waals surface area contributed by atoms with E-state index in [9.17, 15) is 0 Å². The number of rotatable bonds is 3. The summed E-state index contributed by atoms with van der Waals surface area (Å²) in [4.78, 5) is 3.72. The average Bonchev–Trinajstić information content (AvgIpc) is 1.63. The molecule has 0 N–H and O–H groups in total. The first-order valence-electron chi connectivity index (χ1n) is 3.08. The second-order valence-electron chi connectivity index (χ2n) is 3.05. The predicted octanol–water partition coefficient (Wildman–Crippen LogP) is 1.85. The van der Waals surface area contributed by atoms with Crippen molar-refractivity contribution in [3.8, 4) is 0 Å². The summed E-state index contributed by atoms with van der Waals surface area (Å²) in [5.41, 5.74) is 0. The molecular weight excluding hydrogens is 126 g/mol. The first-order chi connectivity index (χ1) is 4.06. The highest BCUT2D eigenvalue weighted by molar-refractivity contribution is 6.80. The van der Waals surface area contributed by atoms with Gasteiger partial charge in [0.15, 0.2) is 0 Å². The Bertz CT molecular complexity index is 91.6. The van der Waals surface area contributed by atoms with Crippen LogP contribution in [0.4, 0.5) is 0 Å². The number of hydrogen-bond acceptors (Lipinski definition) is 1. The number of aliphatic imine (C=N–C) groups is 1. The molecule has 0 spiro atoms. The maximum Gasteiger partial charge on any atom is 0.0595 e. The fraction of sp³-hybridized carbons (Fsp3) is 0.571. The van der Waals surface area contributed by atoms with Crippen molar-refractivity contribution in [3.05, 3.63) is 12.5 Å². The van der Waals surface area contributed by atoms with Crippen LogP contribution in [-0.4, -0.2) is 21.3 Å².